The molecule has 0 amide bonds. The van der Waals surface area contributed by atoms with Crippen molar-refractivity contribution in [2.75, 3.05) is 24.5 Å². The number of nitrogens with one attached hydrogen (secondary N) is 1. The van der Waals surface area contributed by atoms with Gasteiger partial charge in [0, 0.05) is 37.8 Å². The van der Waals surface area contributed by atoms with E-state index in [1.807, 2.05) is 12.1 Å². The molecule has 0 radical (unpaired) electrons. The third kappa shape index (κ3) is 1.30. The van der Waals surface area contributed by atoms with Crippen LogP contribution in [0.5, 0.6) is 5.75 Å². The van der Waals surface area contributed by atoms with Crippen molar-refractivity contribution in [1.82, 2.24) is 5.32 Å². The van der Waals surface area contributed by atoms with Gasteiger partial charge in [0.2, 0.25) is 0 Å². The van der Waals surface area contributed by atoms with Crippen LogP contribution in [-0.2, 0) is 6.54 Å². The first-order chi connectivity index (χ1) is 7.25. The van der Waals surface area contributed by atoms with Gasteiger partial charge in [0.05, 0.1) is 0 Å². The van der Waals surface area contributed by atoms with E-state index < -0.39 is 0 Å². The van der Waals surface area contributed by atoms with Crippen LogP contribution in [0.15, 0.2) is 12.1 Å². The van der Waals surface area contributed by atoms with Crippen molar-refractivity contribution >= 4 is 5.69 Å². The van der Waals surface area contributed by atoms with Crippen molar-refractivity contribution in [3.8, 4) is 5.75 Å². The Hall–Kier alpha value is -1.22. The highest BCUT2D eigenvalue weighted by Gasteiger charge is 2.29. The Morgan fingerprint density at radius 1 is 1.47 bits per heavy atom. The van der Waals surface area contributed by atoms with Crippen LogP contribution in [0.25, 0.3) is 0 Å². The predicted octanol–water partition coefficient (Wildman–Crippen LogP) is 1.42. The number of hydrogen-bond acceptors (Lipinski definition) is 3. The average Bonchev–Trinajstić information content (AvgIpc) is 2.40. The van der Waals surface area contributed by atoms with Crippen LogP contribution in [0.1, 0.15) is 24.0 Å². The molecule has 3 nitrogen and oxygen atoms in total. The van der Waals surface area contributed by atoms with Crippen molar-refractivity contribution in [2.24, 2.45) is 0 Å². The number of nitrogens with zero attached hydrogens (tertiary/aromatic N) is 1. The summed E-state index contributed by atoms with van der Waals surface area (Å²) in [5.41, 5.74) is 3.92. The molecular weight excluding hydrogens is 188 g/mol. The first-order valence-corrected chi connectivity index (χ1v) is 5.57. The van der Waals surface area contributed by atoms with E-state index >= 15 is 0 Å². The number of aromatic hydroxyl groups is 1. The zero-order valence-electron chi connectivity index (χ0n) is 8.95. The molecule has 2 aliphatic heterocycles. The van der Waals surface area contributed by atoms with Crippen molar-refractivity contribution in [3.05, 3.63) is 23.3 Å². The monoisotopic (exact) mass is 204 g/mol. The number of rotatable bonds is 0. The van der Waals surface area contributed by atoms with Gasteiger partial charge < -0.3 is 15.3 Å². The first-order valence-electron chi connectivity index (χ1n) is 5.57. The summed E-state index contributed by atoms with van der Waals surface area (Å²) in [7, 11) is 0. The molecule has 0 spiro atoms. The fourth-order valence-corrected chi connectivity index (χ4v) is 2.76. The summed E-state index contributed by atoms with van der Waals surface area (Å²) in [6.07, 6.45) is 0. The highest BCUT2D eigenvalue weighted by molar-refractivity contribution is 5.67. The van der Waals surface area contributed by atoms with Crippen molar-refractivity contribution in [3.63, 3.8) is 0 Å². The normalized spacial score (nSPS) is 23.8. The lowest BCUT2D eigenvalue weighted by Gasteiger charge is -2.18. The Balaban J connectivity index is 2.20. The average molecular weight is 204 g/mol. The molecule has 3 rings (SSSR count). The van der Waals surface area contributed by atoms with E-state index in [4.69, 9.17) is 0 Å². The lowest BCUT2D eigenvalue weighted by molar-refractivity contribution is 0.473. The number of benzene rings is 1. The van der Waals surface area contributed by atoms with E-state index in [1.54, 1.807) is 0 Å². The molecule has 0 saturated heterocycles. The SMILES string of the molecule is CC1CN2CCNCc3cc(O)cc1c32. The molecule has 0 saturated carbocycles. The molecule has 1 unspecified atom stereocenters. The molecule has 80 valence electrons. The Kier molecular flexibility index (Phi) is 1.89. The maximum Gasteiger partial charge on any atom is 0.116 e. The summed E-state index contributed by atoms with van der Waals surface area (Å²) in [6.45, 7) is 6.31. The van der Waals surface area contributed by atoms with Gasteiger partial charge in [-0.3, -0.25) is 0 Å². The smallest absolute Gasteiger partial charge is 0.116 e. The second-order valence-corrected chi connectivity index (χ2v) is 4.57. The minimum Gasteiger partial charge on any atom is -0.508 e. The summed E-state index contributed by atoms with van der Waals surface area (Å²) in [6, 6.07) is 3.82. The van der Waals surface area contributed by atoms with Crippen molar-refractivity contribution in [1.29, 1.82) is 0 Å². The Morgan fingerprint density at radius 3 is 3.20 bits per heavy atom. The van der Waals surface area contributed by atoms with Crippen molar-refractivity contribution in [2.45, 2.75) is 19.4 Å². The third-order valence-corrected chi connectivity index (χ3v) is 3.42. The molecule has 0 aliphatic carbocycles. The third-order valence-electron chi connectivity index (χ3n) is 3.42. The largest absolute Gasteiger partial charge is 0.508 e. The standard InChI is InChI=1S/C12H16N2O/c1-8-7-14-3-2-13-6-9-4-10(15)5-11(8)12(9)14/h4-5,8,13,15H,2-3,6-7H2,1H3. The van der Waals surface area contributed by atoms with E-state index in [-0.39, 0.29) is 0 Å². The molecule has 0 aromatic heterocycles. The first kappa shape index (κ1) is 9.04. The maximum absolute atomic E-state index is 9.68. The summed E-state index contributed by atoms with van der Waals surface area (Å²) in [4.78, 5) is 2.44. The van der Waals surface area contributed by atoms with Crippen LogP contribution in [0, 0.1) is 0 Å². The zero-order valence-corrected chi connectivity index (χ0v) is 8.95. The maximum atomic E-state index is 9.68. The second-order valence-electron chi connectivity index (χ2n) is 4.57. The van der Waals surface area contributed by atoms with Gasteiger partial charge in [-0.05, 0) is 23.3 Å². The van der Waals surface area contributed by atoms with Gasteiger partial charge in [0.1, 0.15) is 5.75 Å². The lowest BCUT2D eigenvalue weighted by Crippen LogP contribution is -2.27. The number of phenolic OH excluding ortho intramolecular Hbond substituents is 1. The predicted molar refractivity (Wildman–Crippen MR) is 60.4 cm³/mol. The van der Waals surface area contributed by atoms with Gasteiger partial charge >= 0.3 is 0 Å². The molecular formula is C12H16N2O. The fourth-order valence-electron chi connectivity index (χ4n) is 2.76. The number of hydrogen-bond donors (Lipinski definition) is 2. The molecule has 1 aromatic carbocycles. The molecule has 0 fully saturated rings. The van der Waals surface area contributed by atoms with Crippen LogP contribution in [-0.4, -0.2) is 24.7 Å². The Morgan fingerprint density at radius 2 is 2.33 bits per heavy atom. The highest BCUT2D eigenvalue weighted by Crippen LogP contribution is 2.41. The number of anilines is 1. The minimum absolute atomic E-state index is 0.404. The van der Waals surface area contributed by atoms with Crippen molar-refractivity contribution < 1.29 is 5.11 Å². The topological polar surface area (TPSA) is 35.5 Å². The molecule has 1 aromatic rings. The Labute approximate surface area is 89.7 Å². The fraction of sp³-hybridized carbons (Fsp3) is 0.500. The van der Waals surface area contributed by atoms with Gasteiger partial charge in [0.15, 0.2) is 0 Å². The molecule has 15 heavy (non-hydrogen) atoms. The summed E-state index contributed by atoms with van der Waals surface area (Å²) in [5, 5.41) is 13.1. The molecule has 1 atom stereocenters. The second kappa shape index (κ2) is 3.14. The number of phenols is 1. The van der Waals surface area contributed by atoms with E-state index in [1.165, 1.54) is 16.8 Å². The minimum atomic E-state index is 0.404. The zero-order chi connectivity index (χ0) is 10.4. The summed E-state index contributed by atoms with van der Waals surface area (Å²) < 4.78 is 0. The van der Waals surface area contributed by atoms with Crippen LogP contribution >= 0.6 is 0 Å². The molecule has 2 heterocycles. The summed E-state index contributed by atoms with van der Waals surface area (Å²) >= 11 is 0. The van der Waals surface area contributed by atoms with Gasteiger partial charge in [-0.2, -0.15) is 0 Å². The van der Waals surface area contributed by atoms with E-state index in [9.17, 15) is 5.11 Å². The van der Waals surface area contributed by atoms with E-state index in [0.717, 1.165) is 26.2 Å². The summed E-state index contributed by atoms with van der Waals surface area (Å²) in [5.74, 6) is 0.949. The molecule has 2 aliphatic rings. The Bertz CT molecular complexity index is 403. The molecule has 3 heteroatoms. The van der Waals surface area contributed by atoms with E-state index in [2.05, 4.69) is 17.1 Å². The van der Waals surface area contributed by atoms with Crippen LogP contribution in [0.4, 0.5) is 5.69 Å². The molecule has 2 N–H and O–H groups in total. The van der Waals surface area contributed by atoms with Gasteiger partial charge in [-0.1, -0.05) is 6.92 Å². The van der Waals surface area contributed by atoms with Crippen LogP contribution in [0.3, 0.4) is 0 Å². The van der Waals surface area contributed by atoms with Crippen LogP contribution in [0.2, 0.25) is 0 Å². The van der Waals surface area contributed by atoms with Crippen LogP contribution < -0.4 is 10.2 Å². The lowest BCUT2D eigenvalue weighted by atomic mass is 10.00. The quantitative estimate of drug-likeness (QED) is 0.671. The van der Waals surface area contributed by atoms with Gasteiger partial charge in [-0.25, -0.2) is 0 Å². The molecule has 0 bridgehead atoms. The van der Waals surface area contributed by atoms with Gasteiger partial charge in [0.25, 0.3) is 0 Å². The van der Waals surface area contributed by atoms with Gasteiger partial charge in [-0.15, -0.1) is 0 Å². The van der Waals surface area contributed by atoms with E-state index in [0.29, 0.717) is 11.7 Å². The highest BCUT2D eigenvalue weighted by atomic mass is 16.3.